The minimum Gasteiger partial charge on any atom is -0.485 e. The maximum absolute atomic E-state index is 6.01. The van der Waals surface area contributed by atoms with E-state index in [2.05, 4.69) is 16.4 Å². The molecule has 0 spiro atoms. The average molecular weight is 284 g/mol. The Morgan fingerprint density at radius 1 is 1.14 bits per heavy atom. The third-order valence-electron chi connectivity index (χ3n) is 3.34. The molecule has 0 saturated heterocycles. The topological polar surface area (TPSA) is 43.4 Å². The monoisotopic (exact) mass is 284 g/mol. The molecule has 1 aromatic carbocycles. The van der Waals surface area contributed by atoms with Crippen LogP contribution in [0.1, 0.15) is 25.8 Å². The number of para-hydroxylation sites is 1. The van der Waals surface area contributed by atoms with Crippen molar-refractivity contribution in [1.29, 1.82) is 0 Å². The maximum atomic E-state index is 6.01. The van der Waals surface area contributed by atoms with Crippen molar-refractivity contribution in [1.82, 2.24) is 4.98 Å². The molecule has 0 radical (unpaired) electrons. The molecule has 0 fully saturated rings. The van der Waals surface area contributed by atoms with Gasteiger partial charge in [-0.05, 0) is 50.5 Å². The van der Waals surface area contributed by atoms with Crippen LogP contribution in [0, 0.1) is 0 Å². The van der Waals surface area contributed by atoms with Crippen LogP contribution in [0.4, 0.5) is 5.69 Å². The summed E-state index contributed by atoms with van der Waals surface area (Å²) >= 11 is 0. The zero-order valence-electron chi connectivity index (χ0n) is 12.4. The van der Waals surface area contributed by atoms with Gasteiger partial charge in [0.2, 0.25) is 0 Å². The smallest absolute Gasteiger partial charge is 0.262 e. The van der Waals surface area contributed by atoms with E-state index in [1.54, 1.807) is 6.20 Å². The maximum Gasteiger partial charge on any atom is 0.262 e. The van der Waals surface area contributed by atoms with Gasteiger partial charge in [-0.25, -0.2) is 4.98 Å². The number of ether oxygens (including phenoxy) is 2. The lowest BCUT2D eigenvalue weighted by Crippen LogP contribution is -2.12. The number of benzene rings is 1. The van der Waals surface area contributed by atoms with Gasteiger partial charge in [-0.3, -0.25) is 0 Å². The van der Waals surface area contributed by atoms with Crippen LogP contribution in [0.5, 0.6) is 17.4 Å². The second-order valence-corrected chi connectivity index (χ2v) is 5.40. The summed E-state index contributed by atoms with van der Waals surface area (Å²) in [5.41, 5.74) is 2.37. The Bertz CT molecular complexity index is 626. The number of aromatic nitrogens is 1. The highest BCUT2D eigenvalue weighted by atomic mass is 16.5. The molecule has 0 amide bonds. The second-order valence-electron chi connectivity index (χ2n) is 5.40. The molecule has 3 rings (SSSR count). The van der Waals surface area contributed by atoms with E-state index in [-0.39, 0.29) is 6.10 Å². The Balaban J connectivity index is 1.91. The summed E-state index contributed by atoms with van der Waals surface area (Å²) in [6.45, 7) is 4.95. The Kier molecular flexibility index (Phi) is 3.95. The SMILES string of the molecule is CC(C)Oc1cccnc1Oc1cccc2c1NCCC2. The van der Waals surface area contributed by atoms with Gasteiger partial charge in [0.05, 0.1) is 11.8 Å². The molecular formula is C17H20N2O2. The van der Waals surface area contributed by atoms with Gasteiger partial charge in [0.15, 0.2) is 11.5 Å². The molecular weight excluding hydrogens is 264 g/mol. The Labute approximate surface area is 125 Å². The van der Waals surface area contributed by atoms with E-state index in [0.29, 0.717) is 11.6 Å². The molecule has 1 aliphatic rings. The molecule has 0 unspecified atom stereocenters. The molecule has 2 aromatic rings. The van der Waals surface area contributed by atoms with Crippen LogP contribution in [0.15, 0.2) is 36.5 Å². The van der Waals surface area contributed by atoms with Crippen molar-refractivity contribution in [3.05, 3.63) is 42.1 Å². The molecule has 21 heavy (non-hydrogen) atoms. The average Bonchev–Trinajstić information content (AvgIpc) is 2.49. The molecule has 0 bridgehead atoms. The molecule has 0 atom stereocenters. The molecule has 1 aromatic heterocycles. The molecule has 2 heterocycles. The number of anilines is 1. The summed E-state index contributed by atoms with van der Waals surface area (Å²) in [5, 5.41) is 3.42. The first-order valence-corrected chi connectivity index (χ1v) is 7.39. The van der Waals surface area contributed by atoms with E-state index in [1.807, 2.05) is 38.1 Å². The van der Waals surface area contributed by atoms with Gasteiger partial charge in [0.1, 0.15) is 0 Å². The van der Waals surface area contributed by atoms with Gasteiger partial charge in [-0.15, -0.1) is 0 Å². The summed E-state index contributed by atoms with van der Waals surface area (Å²) in [6, 6.07) is 9.85. The van der Waals surface area contributed by atoms with Crippen molar-refractivity contribution in [2.75, 3.05) is 11.9 Å². The van der Waals surface area contributed by atoms with Crippen LogP contribution in [-0.2, 0) is 6.42 Å². The van der Waals surface area contributed by atoms with Gasteiger partial charge in [0, 0.05) is 12.7 Å². The number of fused-ring (bicyclic) bond motifs is 1. The van der Waals surface area contributed by atoms with E-state index in [4.69, 9.17) is 9.47 Å². The molecule has 1 N–H and O–H groups in total. The molecule has 4 nitrogen and oxygen atoms in total. The molecule has 1 aliphatic heterocycles. The number of hydrogen-bond acceptors (Lipinski definition) is 4. The first-order chi connectivity index (χ1) is 10.2. The predicted octanol–water partition coefficient (Wildman–Crippen LogP) is 4.02. The number of nitrogens with zero attached hydrogens (tertiary/aromatic N) is 1. The summed E-state index contributed by atoms with van der Waals surface area (Å²) in [6.07, 6.45) is 4.03. The third kappa shape index (κ3) is 3.10. The standard InChI is InChI=1S/C17H20N2O2/c1-12(2)20-15-9-5-11-19-17(15)21-14-8-3-6-13-7-4-10-18-16(13)14/h3,5-6,8-9,11-12,18H,4,7,10H2,1-2H3. The summed E-state index contributed by atoms with van der Waals surface area (Å²) in [5.74, 6) is 1.98. The van der Waals surface area contributed by atoms with Crippen molar-refractivity contribution in [2.45, 2.75) is 32.8 Å². The van der Waals surface area contributed by atoms with Crippen LogP contribution < -0.4 is 14.8 Å². The third-order valence-corrected chi connectivity index (χ3v) is 3.34. The Hall–Kier alpha value is -2.23. The van der Waals surface area contributed by atoms with Crippen molar-refractivity contribution in [2.24, 2.45) is 0 Å². The summed E-state index contributed by atoms with van der Waals surface area (Å²) < 4.78 is 11.8. The minimum absolute atomic E-state index is 0.0827. The molecule has 0 aliphatic carbocycles. The zero-order valence-corrected chi connectivity index (χ0v) is 12.4. The summed E-state index contributed by atoms with van der Waals surface area (Å²) in [7, 11) is 0. The number of hydrogen-bond donors (Lipinski definition) is 1. The fraction of sp³-hybridized carbons (Fsp3) is 0.353. The Morgan fingerprint density at radius 2 is 2.00 bits per heavy atom. The highest BCUT2D eigenvalue weighted by Crippen LogP contribution is 2.37. The van der Waals surface area contributed by atoms with Crippen molar-refractivity contribution >= 4 is 5.69 Å². The van der Waals surface area contributed by atoms with E-state index in [0.717, 1.165) is 30.8 Å². The van der Waals surface area contributed by atoms with Crippen LogP contribution in [0.2, 0.25) is 0 Å². The van der Waals surface area contributed by atoms with Crippen LogP contribution >= 0.6 is 0 Å². The number of aryl methyl sites for hydroxylation is 1. The van der Waals surface area contributed by atoms with Crippen molar-refractivity contribution in [3.8, 4) is 17.4 Å². The quantitative estimate of drug-likeness (QED) is 0.921. The van der Waals surface area contributed by atoms with Gasteiger partial charge >= 0.3 is 0 Å². The number of pyridine rings is 1. The van der Waals surface area contributed by atoms with Crippen LogP contribution in [0.25, 0.3) is 0 Å². The van der Waals surface area contributed by atoms with Crippen LogP contribution in [-0.4, -0.2) is 17.6 Å². The van der Waals surface area contributed by atoms with E-state index >= 15 is 0 Å². The number of nitrogens with one attached hydrogen (secondary N) is 1. The van der Waals surface area contributed by atoms with E-state index in [1.165, 1.54) is 5.56 Å². The fourth-order valence-corrected chi connectivity index (χ4v) is 2.46. The van der Waals surface area contributed by atoms with E-state index in [9.17, 15) is 0 Å². The number of rotatable bonds is 4. The van der Waals surface area contributed by atoms with Crippen molar-refractivity contribution < 1.29 is 9.47 Å². The predicted molar refractivity (Wildman–Crippen MR) is 83.3 cm³/mol. The van der Waals surface area contributed by atoms with Gasteiger partial charge < -0.3 is 14.8 Å². The minimum atomic E-state index is 0.0827. The molecule has 4 heteroatoms. The first-order valence-electron chi connectivity index (χ1n) is 7.39. The lowest BCUT2D eigenvalue weighted by atomic mass is 10.0. The lowest BCUT2D eigenvalue weighted by molar-refractivity contribution is 0.231. The van der Waals surface area contributed by atoms with Gasteiger partial charge in [-0.1, -0.05) is 12.1 Å². The summed E-state index contributed by atoms with van der Waals surface area (Å²) in [4.78, 5) is 4.30. The lowest BCUT2D eigenvalue weighted by Gasteiger charge is -2.21. The highest BCUT2D eigenvalue weighted by Gasteiger charge is 2.16. The molecule has 110 valence electrons. The van der Waals surface area contributed by atoms with Gasteiger partial charge in [-0.2, -0.15) is 0 Å². The Morgan fingerprint density at radius 3 is 2.86 bits per heavy atom. The zero-order chi connectivity index (χ0) is 14.7. The highest BCUT2D eigenvalue weighted by molar-refractivity contribution is 5.64. The second kappa shape index (κ2) is 6.04. The van der Waals surface area contributed by atoms with E-state index < -0.39 is 0 Å². The van der Waals surface area contributed by atoms with Gasteiger partial charge in [0.25, 0.3) is 5.88 Å². The largest absolute Gasteiger partial charge is 0.485 e. The fourth-order valence-electron chi connectivity index (χ4n) is 2.46. The molecule has 0 saturated carbocycles. The van der Waals surface area contributed by atoms with Crippen LogP contribution in [0.3, 0.4) is 0 Å². The normalized spacial score (nSPS) is 13.5. The van der Waals surface area contributed by atoms with Crippen molar-refractivity contribution in [3.63, 3.8) is 0 Å². The first kappa shape index (κ1) is 13.7.